The Balaban J connectivity index is 1.68. The molecule has 3 aromatic carbocycles. The fraction of sp³-hybridized carbons (Fsp3) is 0.267. The summed E-state index contributed by atoms with van der Waals surface area (Å²) in [5.74, 6) is 0.192. The summed E-state index contributed by atoms with van der Waals surface area (Å²) in [6.07, 6.45) is 0.846. The van der Waals surface area contributed by atoms with Gasteiger partial charge in [0.25, 0.3) is 11.5 Å². The summed E-state index contributed by atoms with van der Waals surface area (Å²) in [6, 6.07) is 17.2. The summed E-state index contributed by atoms with van der Waals surface area (Å²) in [5.41, 5.74) is 1.06. The number of thioether (sulfide) groups is 1. The number of amides is 1. The van der Waals surface area contributed by atoms with Crippen molar-refractivity contribution in [1.29, 1.82) is 0 Å². The molecule has 9 heteroatoms. The zero-order chi connectivity index (χ0) is 27.9. The number of hydrogen-bond donors (Lipinski definition) is 1. The summed E-state index contributed by atoms with van der Waals surface area (Å²) < 4.78 is 20.8. The van der Waals surface area contributed by atoms with E-state index in [9.17, 15) is 18.8 Å². The van der Waals surface area contributed by atoms with Crippen molar-refractivity contribution in [1.82, 2.24) is 14.9 Å². The van der Waals surface area contributed by atoms with Crippen molar-refractivity contribution in [2.45, 2.75) is 32.3 Å². The molecule has 39 heavy (non-hydrogen) atoms. The van der Waals surface area contributed by atoms with Gasteiger partial charge in [-0.05, 0) is 79.9 Å². The molecule has 1 amide bonds. The molecule has 0 spiro atoms. The minimum absolute atomic E-state index is 0.00335. The van der Waals surface area contributed by atoms with Crippen molar-refractivity contribution >= 4 is 34.4 Å². The number of ketones is 1. The predicted molar refractivity (Wildman–Crippen MR) is 152 cm³/mol. The molecule has 7 nitrogen and oxygen atoms in total. The molecule has 0 radical (unpaired) electrons. The molecule has 0 unspecified atom stereocenters. The van der Waals surface area contributed by atoms with Crippen LogP contribution in [0.4, 0.5) is 4.39 Å². The molecule has 0 aliphatic carbocycles. The average molecular weight is 548 g/mol. The molecule has 202 valence electrons. The molecule has 0 aliphatic rings. The highest BCUT2D eigenvalue weighted by Crippen LogP contribution is 2.24. The maximum atomic E-state index is 14.1. The molecule has 4 rings (SSSR count). The Labute approximate surface area is 230 Å². The Kier molecular flexibility index (Phi) is 9.14. The van der Waals surface area contributed by atoms with Crippen molar-refractivity contribution in [2.75, 3.05) is 18.9 Å². The lowest BCUT2D eigenvalue weighted by atomic mass is 10.1. The van der Waals surface area contributed by atoms with Crippen LogP contribution in [0.25, 0.3) is 16.6 Å². The van der Waals surface area contributed by atoms with Gasteiger partial charge in [-0.3, -0.25) is 19.0 Å². The number of nitrogens with one attached hydrogen (secondary N) is 1. The number of ether oxygens (including phenoxy) is 1. The van der Waals surface area contributed by atoms with Crippen LogP contribution in [0.1, 0.15) is 47.9 Å². The lowest BCUT2D eigenvalue weighted by Gasteiger charge is -2.14. The van der Waals surface area contributed by atoms with Crippen LogP contribution in [0.2, 0.25) is 0 Å². The van der Waals surface area contributed by atoms with Gasteiger partial charge in [0, 0.05) is 17.7 Å². The SMILES string of the molecule is CCOc1ccc(C(=O)CSc2nc3cc(C(=O)NCCC(C)C)ccc3c(=O)n2-c2cccc(F)c2)cc1. The Hall–Kier alpha value is -3.98. The van der Waals surface area contributed by atoms with Gasteiger partial charge in [-0.25, -0.2) is 9.37 Å². The van der Waals surface area contributed by atoms with Crippen molar-refractivity contribution in [2.24, 2.45) is 5.92 Å². The number of carbonyl (C=O) groups excluding carboxylic acids is 2. The van der Waals surface area contributed by atoms with Gasteiger partial charge in [-0.1, -0.05) is 31.7 Å². The zero-order valence-electron chi connectivity index (χ0n) is 22.1. The van der Waals surface area contributed by atoms with Gasteiger partial charge in [0.1, 0.15) is 11.6 Å². The molecule has 0 fully saturated rings. The quantitative estimate of drug-likeness (QED) is 0.148. The number of Topliss-reactive ketones (excluding diaryl/α,β-unsaturated/α-hetero) is 1. The van der Waals surface area contributed by atoms with Gasteiger partial charge in [0.15, 0.2) is 10.9 Å². The van der Waals surface area contributed by atoms with E-state index in [0.717, 1.165) is 18.2 Å². The Morgan fingerprint density at radius 3 is 2.49 bits per heavy atom. The standard InChI is InChI=1S/C30H30FN3O4S/c1-4-38-24-11-8-20(9-12-24)27(35)18-39-30-33-26-16-21(28(36)32-15-14-19(2)3)10-13-25(26)29(37)34(30)23-7-5-6-22(31)17-23/h5-13,16-17,19H,4,14-15,18H2,1-3H3,(H,32,36). The van der Waals surface area contributed by atoms with Crippen LogP contribution in [0.3, 0.4) is 0 Å². The third-order valence-electron chi connectivity index (χ3n) is 5.99. The number of fused-ring (bicyclic) bond motifs is 1. The molecule has 1 heterocycles. The fourth-order valence-electron chi connectivity index (χ4n) is 3.94. The molecule has 0 aliphatic heterocycles. The van der Waals surface area contributed by atoms with E-state index in [4.69, 9.17) is 4.74 Å². The van der Waals surface area contributed by atoms with Crippen molar-refractivity contribution in [3.63, 3.8) is 0 Å². The highest BCUT2D eigenvalue weighted by atomic mass is 32.2. The van der Waals surface area contributed by atoms with Crippen molar-refractivity contribution < 1.29 is 18.7 Å². The van der Waals surface area contributed by atoms with Crippen LogP contribution in [0.5, 0.6) is 5.75 Å². The number of aromatic nitrogens is 2. The van der Waals surface area contributed by atoms with Gasteiger partial charge in [-0.2, -0.15) is 0 Å². The first-order valence-electron chi connectivity index (χ1n) is 12.8. The molecule has 4 aromatic rings. The second-order valence-corrected chi connectivity index (χ2v) is 10.3. The fourth-order valence-corrected chi connectivity index (χ4v) is 4.85. The monoisotopic (exact) mass is 547 g/mol. The molecular formula is C30H30FN3O4S. The van der Waals surface area contributed by atoms with E-state index in [1.807, 2.05) is 6.92 Å². The topological polar surface area (TPSA) is 90.3 Å². The second-order valence-electron chi connectivity index (χ2n) is 9.35. The normalized spacial score (nSPS) is 11.1. The first kappa shape index (κ1) is 28.0. The number of benzene rings is 3. The van der Waals surface area contributed by atoms with Crippen LogP contribution >= 0.6 is 11.8 Å². The van der Waals surface area contributed by atoms with Gasteiger partial charge in [0.05, 0.1) is 29.0 Å². The molecule has 0 saturated heterocycles. The van der Waals surface area contributed by atoms with Crippen LogP contribution < -0.4 is 15.6 Å². The van der Waals surface area contributed by atoms with E-state index in [2.05, 4.69) is 24.1 Å². The molecule has 0 bridgehead atoms. The van der Waals surface area contributed by atoms with Crippen molar-refractivity contribution in [3.05, 3.63) is 94.0 Å². The first-order valence-corrected chi connectivity index (χ1v) is 13.7. The third-order valence-corrected chi connectivity index (χ3v) is 6.93. The predicted octanol–water partition coefficient (Wildman–Crippen LogP) is 5.67. The lowest BCUT2D eigenvalue weighted by Crippen LogP contribution is -2.26. The van der Waals surface area contributed by atoms with E-state index < -0.39 is 11.4 Å². The third kappa shape index (κ3) is 6.92. The van der Waals surface area contributed by atoms with Crippen LogP contribution in [-0.4, -0.2) is 40.1 Å². The maximum Gasteiger partial charge on any atom is 0.266 e. The highest BCUT2D eigenvalue weighted by Gasteiger charge is 2.18. The summed E-state index contributed by atoms with van der Waals surface area (Å²) in [6.45, 7) is 7.10. The largest absolute Gasteiger partial charge is 0.494 e. The lowest BCUT2D eigenvalue weighted by molar-refractivity contribution is 0.0951. The van der Waals surface area contributed by atoms with Gasteiger partial charge < -0.3 is 10.1 Å². The number of nitrogens with zero attached hydrogens (tertiary/aromatic N) is 2. The summed E-state index contributed by atoms with van der Waals surface area (Å²) in [7, 11) is 0. The summed E-state index contributed by atoms with van der Waals surface area (Å²) in [5, 5.41) is 3.38. The van der Waals surface area contributed by atoms with Gasteiger partial charge in [-0.15, -0.1) is 0 Å². The zero-order valence-corrected chi connectivity index (χ0v) is 22.9. The Morgan fingerprint density at radius 1 is 1.05 bits per heavy atom. The Morgan fingerprint density at radius 2 is 1.79 bits per heavy atom. The average Bonchev–Trinajstić information content (AvgIpc) is 2.91. The first-order chi connectivity index (χ1) is 18.8. The van der Waals surface area contributed by atoms with Crippen LogP contribution in [-0.2, 0) is 0 Å². The van der Waals surface area contributed by atoms with E-state index in [0.29, 0.717) is 47.2 Å². The van der Waals surface area contributed by atoms with E-state index >= 15 is 0 Å². The summed E-state index contributed by atoms with van der Waals surface area (Å²) in [4.78, 5) is 43.9. The highest BCUT2D eigenvalue weighted by molar-refractivity contribution is 7.99. The van der Waals surface area contributed by atoms with E-state index in [1.165, 1.54) is 22.8 Å². The Bertz CT molecular complexity index is 1550. The minimum Gasteiger partial charge on any atom is -0.494 e. The number of halogens is 1. The number of carbonyl (C=O) groups is 2. The molecular weight excluding hydrogens is 517 g/mol. The molecule has 1 N–H and O–H groups in total. The van der Waals surface area contributed by atoms with Crippen molar-refractivity contribution in [3.8, 4) is 11.4 Å². The molecule has 1 aromatic heterocycles. The number of hydrogen-bond acceptors (Lipinski definition) is 6. The second kappa shape index (κ2) is 12.7. The molecule has 0 atom stereocenters. The minimum atomic E-state index is -0.505. The van der Waals surface area contributed by atoms with Gasteiger partial charge in [0.2, 0.25) is 0 Å². The van der Waals surface area contributed by atoms with E-state index in [1.54, 1.807) is 48.5 Å². The molecule has 0 saturated carbocycles. The van der Waals surface area contributed by atoms with Gasteiger partial charge >= 0.3 is 0 Å². The number of rotatable bonds is 11. The van der Waals surface area contributed by atoms with Crippen LogP contribution in [0.15, 0.2) is 76.7 Å². The van der Waals surface area contributed by atoms with E-state index in [-0.39, 0.29) is 28.0 Å². The van der Waals surface area contributed by atoms with Crippen LogP contribution in [0, 0.1) is 11.7 Å². The summed E-state index contributed by atoms with van der Waals surface area (Å²) >= 11 is 1.07. The smallest absolute Gasteiger partial charge is 0.266 e. The maximum absolute atomic E-state index is 14.1.